The van der Waals surface area contributed by atoms with Gasteiger partial charge in [0.05, 0.1) is 11.4 Å². The predicted octanol–water partition coefficient (Wildman–Crippen LogP) is 2.99. The van der Waals surface area contributed by atoms with E-state index >= 15 is 0 Å². The Labute approximate surface area is 97.3 Å². The molecule has 2 aromatic rings. The van der Waals surface area contributed by atoms with E-state index in [2.05, 4.69) is 10.3 Å². The Hall–Kier alpha value is -2.17. The quantitative estimate of drug-likeness (QED) is 0.841. The molecular formula is C12H11F2N3. The van der Waals surface area contributed by atoms with E-state index in [1.165, 1.54) is 6.07 Å². The summed E-state index contributed by atoms with van der Waals surface area (Å²) in [6, 6.07) is 4.98. The number of nitrogen functional groups attached to an aromatic ring is 1. The lowest BCUT2D eigenvalue weighted by Gasteiger charge is -2.09. The van der Waals surface area contributed by atoms with Crippen molar-refractivity contribution in [3.63, 3.8) is 0 Å². The smallest absolute Gasteiger partial charge is 0.153 e. The number of rotatable bonds is 2. The molecule has 1 heterocycles. The fourth-order valence-corrected chi connectivity index (χ4v) is 1.41. The highest BCUT2D eigenvalue weighted by Crippen LogP contribution is 2.23. The normalized spacial score (nSPS) is 10.3. The van der Waals surface area contributed by atoms with E-state index in [0.717, 1.165) is 17.7 Å². The van der Waals surface area contributed by atoms with Gasteiger partial charge >= 0.3 is 0 Å². The molecule has 5 heteroatoms. The van der Waals surface area contributed by atoms with Crippen molar-refractivity contribution >= 4 is 17.2 Å². The van der Waals surface area contributed by atoms with E-state index in [-0.39, 0.29) is 5.69 Å². The molecule has 0 saturated carbocycles. The van der Waals surface area contributed by atoms with Crippen molar-refractivity contribution in [3.05, 3.63) is 47.7 Å². The zero-order valence-electron chi connectivity index (χ0n) is 9.17. The first-order valence-electron chi connectivity index (χ1n) is 5.00. The highest BCUT2D eigenvalue weighted by Gasteiger charge is 2.06. The third kappa shape index (κ3) is 2.50. The van der Waals surface area contributed by atoms with Crippen LogP contribution in [0, 0.1) is 18.6 Å². The summed E-state index contributed by atoms with van der Waals surface area (Å²) in [7, 11) is 0. The van der Waals surface area contributed by atoms with Crippen LogP contribution in [0.15, 0.2) is 30.5 Å². The topological polar surface area (TPSA) is 50.9 Å². The van der Waals surface area contributed by atoms with E-state index < -0.39 is 11.6 Å². The Balaban J connectivity index is 2.31. The molecule has 0 radical (unpaired) electrons. The van der Waals surface area contributed by atoms with Gasteiger partial charge in [-0.15, -0.1) is 0 Å². The Kier molecular flexibility index (Phi) is 2.91. The Morgan fingerprint density at radius 1 is 1.24 bits per heavy atom. The van der Waals surface area contributed by atoms with Crippen LogP contribution >= 0.6 is 0 Å². The number of nitrogens with one attached hydrogen (secondary N) is 1. The highest BCUT2D eigenvalue weighted by atomic mass is 19.1. The van der Waals surface area contributed by atoms with E-state index in [1.807, 2.05) is 6.92 Å². The van der Waals surface area contributed by atoms with Crippen molar-refractivity contribution in [2.75, 3.05) is 11.1 Å². The van der Waals surface area contributed by atoms with Gasteiger partial charge in [-0.25, -0.2) is 13.8 Å². The molecule has 2 rings (SSSR count). The Bertz CT molecular complexity index is 506. The van der Waals surface area contributed by atoms with Crippen LogP contribution in [-0.4, -0.2) is 4.98 Å². The number of hydrogen-bond donors (Lipinski definition) is 2. The molecule has 0 spiro atoms. The second-order valence-corrected chi connectivity index (χ2v) is 3.70. The molecule has 88 valence electrons. The molecule has 17 heavy (non-hydrogen) atoms. The van der Waals surface area contributed by atoms with E-state index in [4.69, 9.17) is 5.73 Å². The number of aryl methyl sites for hydroxylation is 1. The van der Waals surface area contributed by atoms with Crippen LogP contribution in [0.2, 0.25) is 0 Å². The minimum absolute atomic E-state index is 0.134. The second kappa shape index (κ2) is 4.37. The second-order valence-electron chi connectivity index (χ2n) is 3.70. The lowest BCUT2D eigenvalue weighted by atomic mass is 10.2. The number of pyridine rings is 1. The summed E-state index contributed by atoms with van der Waals surface area (Å²) >= 11 is 0. The zero-order chi connectivity index (χ0) is 12.4. The van der Waals surface area contributed by atoms with Gasteiger partial charge in [0.2, 0.25) is 0 Å². The first-order chi connectivity index (χ1) is 8.06. The summed E-state index contributed by atoms with van der Waals surface area (Å²) < 4.78 is 26.1. The number of benzene rings is 1. The van der Waals surface area contributed by atoms with Crippen LogP contribution in [0.1, 0.15) is 5.56 Å². The maximum absolute atomic E-state index is 13.4. The summed E-state index contributed by atoms with van der Waals surface area (Å²) in [5.41, 5.74) is 7.18. The molecule has 0 aliphatic carbocycles. The molecule has 0 amide bonds. The Morgan fingerprint density at radius 3 is 2.65 bits per heavy atom. The fraction of sp³-hybridized carbons (Fsp3) is 0.0833. The average Bonchev–Trinajstić information content (AvgIpc) is 2.25. The molecule has 3 nitrogen and oxygen atoms in total. The molecular weight excluding hydrogens is 224 g/mol. The lowest BCUT2D eigenvalue weighted by Crippen LogP contribution is -2.01. The summed E-state index contributed by atoms with van der Waals surface area (Å²) in [4.78, 5) is 4.04. The first-order valence-corrected chi connectivity index (χ1v) is 5.00. The van der Waals surface area contributed by atoms with Crippen LogP contribution in [0.25, 0.3) is 0 Å². The standard InChI is InChI=1S/C12H11F2N3/c1-7-4-10(15)12(16-6-7)17-11-3-2-8(13)5-9(11)14/h2-6H,15H2,1H3,(H,16,17). The minimum Gasteiger partial charge on any atom is -0.396 e. The number of nitrogens with two attached hydrogens (primary N) is 1. The highest BCUT2D eigenvalue weighted by molar-refractivity contribution is 5.69. The number of anilines is 3. The number of aromatic nitrogens is 1. The van der Waals surface area contributed by atoms with E-state index in [9.17, 15) is 8.78 Å². The van der Waals surface area contributed by atoms with E-state index in [1.54, 1.807) is 12.3 Å². The van der Waals surface area contributed by atoms with Gasteiger partial charge in [0.15, 0.2) is 5.82 Å². The molecule has 0 aliphatic rings. The van der Waals surface area contributed by atoms with Crippen LogP contribution in [0.5, 0.6) is 0 Å². The van der Waals surface area contributed by atoms with Gasteiger partial charge in [0, 0.05) is 12.3 Å². The SMILES string of the molecule is Cc1cnc(Nc2ccc(F)cc2F)c(N)c1. The average molecular weight is 235 g/mol. The van der Waals surface area contributed by atoms with Gasteiger partial charge in [0.25, 0.3) is 0 Å². The van der Waals surface area contributed by atoms with Crippen LogP contribution in [0.4, 0.5) is 26.0 Å². The van der Waals surface area contributed by atoms with Gasteiger partial charge in [-0.3, -0.25) is 0 Å². The molecule has 0 bridgehead atoms. The van der Waals surface area contributed by atoms with Gasteiger partial charge in [-0.05, 0) is 30.7 Å². The molecule has 0 aliphatic heterocycles. The molecule has 3 N–H and O–H groups in total. The third-order valence-corrected chi connectivity index (χ3v) is 2.24. The molecule has 0 saturated heterocycles. The van der Waals surface area contributed by atoms with Crippen LogP contribution in [0.3, 0.4) is 0 Å². The maximum atomic E-state index is 13.4. The molecule has 0 atom stereocenters. The first kappa shape index (κ1) is 11.3. The van der Waals surface area contributed by atoms with Crippen molar-refractivity contribution in [3.8, 4) is 0 Å². The van der Waals surface area contributed by atoms with Crippen LogP contribution < -0.4 is 11.1 Å². The predicted molar refractivity (Wildman–Crippen MR) is 63.0 cm³/mol. The molecule has 1 aromatic carbocycles. The van der Waals surface area contributed by atoms with Gasteiger partial charge < -0.3 is 11.1 Å². The molecule has 0 fully saturated rings. The molecule has 1 aromatic heterocycles. The monoisotopic (exact) mass is 235 g/mol. The number of halogens is 2. The number of hydrogen-bond acceptors (Lipinski definition) is 3. The summed E-state index contributed by atoms with van der Waals surface area (Å²) in [6.45, 7) is 1.85. The van der Waals surface area contributed by atoms with Gasteiger partial charge in [-0.1, -0.05) is 0 Å². The minimum atomic E-state index is -0.688. The molecule has 0 unspecified atom stereocenters. The van der Waals surface area contributed by atoms with E-state index in [0.29, 0.717) is 11.5 Å². The lowest BCUT2D eigenvalue weighted by molar-refractivity contribution is 0.586. The summed E-state index contributed by atoms with van der Waals surface area (Å²) in [5.74, 6) is -0.967. The van der Waals surface area contributed by atoms with Gasteiger partial charge in [-0.2, -0.15) is 0 Å². The summed E-state index contributed by atoms with van der Waals surface area (Å²) in [5, 5.41) is 2.72. The summed E-state index contributed by atoms with van der Waals surface area (Å²) in [6.07, 6.45) is 1.61. The van der Waals surface area contributed by atoms with Crippen molar-refractivity contribution in [1.29, 1.82) is 0 Å². The largest absolute Gasteiger partial charge is 0.396 e. The van der Waals surface area contributed by atoms with Crippen molar-refractivity contribution in [1.82, 2.24) is 4.98 Å². The third-order valence-electron chi connectivity index (χ3n) is 2.24. The zero-order valence-corrected chi connectivity index (χ0v) is 9.17. The van der Waals surface area contributed by atoms with Crippen molar-refractivity contribution < 1.29 is 8.78 Å². The number of nitrogens with zero attached hydrogens (tertiary/aromatic N) is 1. The fourth-order valence-electron chi connectivity index (χ4n) is 1.41. The maximum Gasteiger partial charge on any atom is 0.153 e. The van der Waals surface area contributed by atoms with Gasteiger partial charge in [0.1, 0.15) is 11.6 Å². The van der Waals surface area contributed by atoms with Crippen LogP contribution in [-0.2, 0) is 0 Å². The Morgan fingerprint density at radius 2 is 2.00 bits per heavy atom. The van der Waals surface area contributed by atoms with Crippen molar-refractivity contribution in [2.45, 2.75) is 6.92 Å². The van der Waals surface area contributed by atoms with Crippen molar-refractivity contribution in [2.24, 2.45) is 0 Å².